The van der Waals surface area contributed by atoms with Gasteiger partial charge in [0, 0.05) is 48.2 Å². The lowest BCUT2D eigenvalue weighted by Gasteiger charge is -2.34. The number of benzene rings is 2. The summed E-state index contributed by atoms with van der Waals surface area (Å²) >= 11 is 0. The zero-order valence-corrected chi connectivity index (χ0v) is 21.2. The number of nitrogens with zero attached hydrogens (tertiary/aromatic N) is 4. The molecule has 5 rings (SSSR count). The van der Waals surface area contributed by atoms with Crippen LogP contribution in [0.4, 0.5) is 22.1 Å². The number of morpholine rings is 1. The van der Waals surface area contributed by atoms with Crippen LogP contribution in [0.5, 0.6) is 0 Å². The summed E-state index contributed by atoms with van der Waals surface area (Å²) in [5.41, 5.74) is 7.61. The molecule has 0 spiro atoms. The normalized spacial score (nSPS) is 18.1. The van der Waals surface area contributed by atoms with Crippen molar-refractivity contribution in [2.75, 3.05) is 48.5 Å². The van der Waals surface area contributed by atoms with E-state index >= 15 is 0 Å². The Kier molecular flexibility index (Phi) is 7.75. The van der Waals surface area contributed by atoms with E-state index in [9.17, 15) is 9.59 Å². The molecule has 0 saturated carbocycles. The van der Waals surface area contributed by atoms with Crippen LogP contribution in [-0.2, 0) is 9.47 Å². The third-order valence-electron chi connectivity index (χ3n) is 6.68. The maximum absolute atomic E-state index is 12.5. The molecule has 0 radical (unpaired) electrons. The molecule has 0 unspecified atom stereocenters. The highest BCUT2D eigenvalue weighted by Gasteiger charge is 2.26. The van der Waals surface area contributed by atoms with Gasteiger partial charge in [-0.05, 0) is 68.3 Å². The molecule has 2 fully saturated rings. The van der Waals surface area contributed by atoms with Crippen LogP contribution in [0.25, 0.3) is 11.4 Å². The Morgan fingerprint density at radius 3 is 2.18 bits per heavy atom. The number of urea groups is 1. The van der Waals surface area contributed by atoms with Gasteiger partial charge in [-0.3, -0.25) is 4.79 Å². The lowest BCUT2D eigenvalue weighted by Crippen LogP contribution is -2.44. The highest BCUT2D eigenvalue weighted by molar-refractivity contribution is 6.00. The Labute approximate surface area is 220 Å². The first-order valence-electron chi connectivity index (χ1n) is 12.7. The quantitative estimate of drug-likeness (QED) is 0.451. The molecule has 3 aromatic rings. The maximum Gasteiger partial charge on any atom is 0.323 e. The fourth-order valence-electron chi connectivity index (χ4n) is 4.51. The van der Waals surface area contributed by atoms with E-state index in [1.165, 1.54) is 0 Å². The number of rotatable bonds is 6. The van der Waals surface area contributed by atoms with Crippen molar-refractivity contribution in [2.24, 2.45) is 5.73 Å². The van der Waals surface area contributed by atoms with Crippen LogP contribution in [0, 0.1) is 0 Å². The molecule has 11 nitrogen and oxygen atoms in total. The molecule has 3 amide bonds. The Balaban J connectivity index is 1.33. The molecule has 11 heteroatoms. The second kappa shape index (κ2) is 11.5. The number of primary amides is 1. The first-order chi connectivity index (χ1) is 18.5. The van der Waals surface area contributed by atoms with Crippen molar-refractivity contribution in [1.29, 1.82) is 0 Å². The predicted molar refractivity (Wildman–Crippen MR) is 143 cm³/mol. The minimum atomic E-state index is -0.522. The number of nitrogens with two attached hydrogens (primary N) is 1. The minimum Gasteiger partial charge on any atom is -0.381 e. The highest BCUT2D eigenvalue weighted by Crippen LogP contribution is 2.29. The fourth-order valence-corrected chi connectivity index (χ4v) is 4.51. The van der Waals surface area contributed by atoms with Gasteiger partial charge in [-0.15, -0.1) is 0 Å². The van der Waals surface area contributed by atoms with E-state index in [1.54, 1.807) is 36.4 Å². The molecule has 2 saturated heterocycles. The van der Waals surface area contributed by atoms with Crippen LogP contribution in [-0.4, -0.2) is 65.9 Å². The summed E-state index contributed by atoms with van der Waals surface area (Å²) in [7, 11) is 0. The summed E-state index contributed by atoms with van der Waals surface area (Å²) in [6.07, 6.45) is 1.76. The van der Waals surface area contributed by atoms with Crippen LogP contribution in [0.1, 0.15) is 41.9 Å². The van der Waals surface area contributed by atoms with E-state index in [4.69, 9.17) is 30.2 Å². The maximum atomic E-state index is 12.5. The third-order valence-corrected chi connectivity index (χ3v) is 6.68. The summed E-state index contributed by atoms with van der Waals surface area (Å²) < 4.78 is 11.1. The number of nitrogens with one attached hydrogen (secondary N) is 2. The molecule has 1 aromatic heterocycles. The van der Waals surface area contributed by atoms with Crippen LogP contribution < -0.4 is 21.3 Å². The van der Waals surface area contributed by atoms with Crippen molar-refractivity contribution in [2.45, 2.75) is 31.7 Å². The molecule has 2 aromatic carbocycles. The molecule has 2 aliphatic heterocycles. The number of anilines is 3. The van der Waals surface area contributed by atoms with Gasteiger partial charge in [0.05, 0.1) is 19.3 Å². The van der Waals surface area contributed by atoms with Gasteiger partial charge >= 0.3 is 6.03 Å². The highest BCUT2D eigenvalue weighted by atomic mass is 16.5. The SMILES string of the molecule is C[C@@H]1COCCN1c1nc(-c2ccc(NC(=O)Nc3ccc(C(N)=O)cc3)cc2)nc(C2CCOCC2)n1. The van der Waals surface area contributed by atoms with E-state index in [2.05, 4.69) is 22.5 Å². The standard InChI is InChI=1S/C27H31N7O4/c1-17-16-38-15-12-34(17)26-32-24(31-25(33-26)20-10-13-37-14-11-20)19-4-8-22(9-5-19)30-27(36)29-21-6-2-18(3-7-21)23(28)35/h2-9,17,20H,10-16H2,1H3,(H2,28,35)(H2,29,30,36)/t17-/m1/s1. The average Bonchev–Trinajstić information content (AvgIpc) is 2.94. The number of aromatic nitrogens is 3. The molecule has 0 aliphatic carbocycles. The van der Waals surface area contributed by atoms with Gasteiger partial charge in [-0.25, -0.2) is 9.78 Å². The molecular weight excluding hydrogens is 486 g/mol. The van der Waals surface area contributed by atoms with Crippen LogP contribution in [0.15, 0.2) is 48.5 Å². The zero-order chi connectivity index (χ0) is 26.5. The number of hydrogen-bond acceptors (Lipinski definition) is 8. The number of amides is 3. The Morgan fingerprint density at radius 1 is 0.895 bits per heavy atom. The summed E-state index contributed by atoms with van der Waals surface area (Å²) in [6, 6.07) is 13.5. The van der Waals surface area contributed by atoms with E-state index < -0.39 is 11.9 Å². The van der Waals surface area contributed by atoms with E-state index in [1.807, 2.05) is 12.1 Å². The van der Waals surface area contributed by atoms with Gasteiger partial charge in [0.2, 0.25) is 11.9 Å². The molecule has 38 heavy (non-hydrogen) atoms. The van der Waals surface area contributed by atoms with Crippen molar-refractivity contribution in [3.05, 3.63) is 59.9 Å². The second-order valence-corrected chi connectivity index (χ2v) is 9.42. The first kappa shape index (κ1) is 25.6. The topological polar surface area (TPSA) is 145 Å². The van der Waals surface area contributed by atoms with E-state index in [-0.39, 0.29) is 12.0 Å². The summed E-state index contributed by atoms with van der Waals surface area (Å²) in [4.78, 5) is 40.4. The van der Waals surface area contributed by atoms with Crippen LogP contribution in [0.2, 0.25) is 0 Å². The number of carbonyl (C=O) groups excluding carboxylic acids is 2. The molecule has 4 N–H and O–H groups in total. The second-order valence-electron chi connectivity index (χ2n) is 9.42. The van der Waals surface area contributed by atoms with Crippen molar-refractivity contribution >= 4 is 29.3 Å². The lowest BCUT2D eigenvalue weighted by molar-refractivity contribution is 0.0834. The Morgan fingerprint density at radius 2 is 1.55 bits per heavy atom. The van der Waals surface area contributed by atoms with Crippen LogP contribution >= 0.6 is 0 Å². The number of hydrogen-bond donors (Lipinski definition) is 3. The van der Waals surface area contributed by atoms with Gasteiger partial charge in [0.15, 0.2) is 5.82 Å². The van der Waals surface area contributed by atoms with Crippen molar-refractivity contribution in [3.8, 4) is 11.4 Å². The van der Waals surface area contributed by atoms with Gasteiger partial charge in [0.1, 0.15) is 5.82 Å². The summed E-state index contributed by atoms with van der Waals surface area (Å²) in [6.45, 7) is 5.50. The number of ether oxygens (including phenoxy) is 2. The Hall–Kier alpha value is -4.09. The summed E-state index contributed by atoms with van der Waals surface area (Å²) in [5, 5.41) is 5.54. The fraction of sp³-hybridized carbons (Fsp3) is 0.370. The first-order valence-corrected chi connectivity index (χ1v) is 12.7. The third kappa shape index (κ3) is 6.06. The zero-order valence-electron chi connectivity index (χ0n) is 21.2. The number of carbonyl (C=O) groups is 2. The summed E-state index contributed by atoms with van der Waals surface area (Å²) in [5.74, 6) is 1.75. The van der Waals surface area contributed by atoms with Crippen molar-refractivity contribution < 1.29 is 19.1 Å². The van der Waals surface area contributed by atoms with E-state index in [0.29, 0.717) is 55.1 Å². The molecule has 2 aliphatic rings. The smallest absolute Gasteiger partial charge is 0.323 e. The van der Waals surface area contributed by atoms with Crippen LogP contribution in [0.3, 0.4) is 0 Å². The monoisotopic (exact) mass is 517 g/mol. The van der Waals surface area contributed by atoms with Gasteiger partial charge in [-0.2, -0.15) is 9.97 Å². The Bertz CT molecular complexity index is 1280. The predicted octanol–water partition coefficient (Wildman–Crippen LogP) is 3.40. The van der Waals surface area contributed by atoms with Gasteiger partial charge in [-0.1, -0.05) is 0 Å². The largest absolute Gasteiger partial charge is 0.381 e. The molecular formula is C27H31N7O4. The van der Waals surface area contributed by atoms with Gasteiger partial charge < -0.3 is 30.7 Å². The van der Waals surface area contributed by atoms with E-state index in [0.717, 1.165) is 30.8 Å². The molecule has 198 valence electrons. The minimum absolute atomic E-state index is 0.165. The molecule has 3 heterocycles. The van der Waals surface area contributed by atoms with Gasteiger partial charge in [0.25, 0.3) is 0 Å². The van der Waals surface area contributed by atoms with Crippen molar-refractivity contribution in [1.82, 2.24) is 15.0 Å². The molecule has 0 bridgehead atoms. The lowest BCUT2D eigenvalue weighted by atomic mass is 9.99. The van der Waals surface area contributed by atoms with Crippen molar-refractivity contribution in [3.63, 3.8) is 0 Å². The average molecular weight is 518 g/mol. The molecule has 1 atom stereocenters.